The number of nitrogens with one attached hydrogen (secondary N) is 1. The van der Waals surface area contributed by atoms with E-state index in [-0.39, 0.29) is 5.54 Å². The number of rotatable bonds is 8. The summed E-state index contributed by atoms with van der Waals surface area (Å²) >= 11 is 3.24. The van der Waals surface area contributed by atoms with Crippen molar-refractivity contribution in [2.24, 2.45) is 0 Å². The van der Waals surface area contributed by atoms with Crippen LogP contribution in [0.3, 0.4) is 0 Å². The van der Waals surface area contributed by atoms with Gasteiger partial charge in [0, 0.05) is 11.8 Å². The number of hydrogen-bond acceptors (Lipinski definition) is 6. The molecule has 1 atom stereocenters. The molecule has 0 aromatic carbocycles. The van der Waals surface area contributed by atoms with Crippen LogP contribution in [-0.2, 0) is 0 Å². The number of nitriles is 1. The van der Waals surface area contributed by atoms with Gasteiger partial charge in [-0.05, 0) is 57.5 Å². The largest absolute Gasteiger partial charge is 0.297 e. The Morgan fingerprint density at radius 2 is 2.32 bits per heavy atom. The normalized spacial score (nSPS) is 17.9. The van der Waals surface area contributed by atoms with Gasteiger partial charge in [0.15, 0.2) is 4.34 Å². The maximum absolute atomic E-state index is 9.26. The van der Waals surface area contributed by atoms with Crippen molar-refractivity contribution in [2.45, 2.75) is 61.9 Å². The highest BCUT2D eigenvalue weighted by atomic mass is 32.2. The molecule has 1 fully saturated rings. The van der Waals surface area contributed by atoms with E-state index in [1.807, 2.05) is 13.8 Å². The van der Waals surface area contributed by atoms with Crippen molar-refractivity contribution in [2.75, 3.05) is 5.75 Å². The van der Waals surface area contributed by atoms with Gasteiger partial charge in [-0.1, -0.05) is 11.8 Å². The first kappa shape index (κ1) is 14.8. The lowest BCUT2D eigenvalue weighted by Gasteiger charge is -2.23. The molecule has 19 heavy (non-hydrogen) atoms. The van der Waals surface area contributed by atoms with Crippen molar-refractivity contribution in [3.8, 4) is 6.07 Å². The van der Waals surface area contributed by atoms with Gasteiger partial charge in [-0.3, -0.25) is 5.32 Å². The van der Waals surface area contributed by atoms with Crippen LogP contribution >= 0.6 is 23.3 Å². The Labute approximate surface area is 123 Å². The third-order valence-corrected chi connectivity index (χ3v) is 5.16. The van der Waals surface area contributed by atoms with E-state index < -0.39 is 0 Å². The van der Waals surface area contributed by atoms with Gasteiger partial charge in [-0.15, -0.1) is 0 Å². The summed E-state index contributed by atoms with van der Waals surface area (Å²) in [6.45, 7) is 3.94. The van der Waals surface area contributed by atoms with Crippen molar-refractivity contribution in [1.29, 1.82) is 5.26 Å². The lowest BCUT2D eigenvalue weighted by Crippen LogP contribution is -2.42. The number of nitrogens with zero attached hydrogens (tertiary/aromatic N) is 3. The van der Waals surface area contributed by atoms with Crippen molar-refractivity contribution in [3.63, 3.8) is 0 Å². The molecule has 1 N–H and O–H groups in total. The van der Waals surface area contributed by atoms with Gasteiger partial charge < -0.3 is 0 Å². The van der Waals surface area contributed by atoms with Crippen LogP contribution in [0.2, 0.25) is 0 Å². The molecular formula is C13H20N4S2. The molecule has 2 rings (SSSR count). The zero-order valence-electron chi connectivity index (χ0n) is 11.5. The maximum Gasteiger partial charge on any atom is 0.170 e. The first-order valence-electron chi connectivity index (χ1n) is 6.73. The fraction of sp³-hybridized carbons (Fsp3) is 0.769. The van der Waals surface area contributed by atoms with E-state index in [1.54, 1.807) is 11.8 Å². The third-order valence-electron chi connectivity index (χ3n) is 3.15. The maximum atomic E-state index is 9.26. The number of thioether (sulfide) groups is 1. The molecule has 1 aliphatic rings. The van der Waals surface area contributed by atoms with Crippen LogP contribution in [-0.4, -0.2) is 26.7 Å². The van der Waals surface area contributed by atoms with Gasteiger partial charge in [-0.25, -0.2) is 4.98 Å². The predicted octanol–water partition coefficient (Wildman–Crippen LogP) is 3.14. The van der Waals surface area contributed by atoms with E-state index in [0.29, 0.717) is 6.04 Å². The molecule has 0 saturated heterocycles. The molecule has 1 saturated carbocycles. The second-order valence-electron chi connectivity index (χ2n) is 5.28. The lowest BCUT2D eigenvalue weighted by atomic mass is 9.96. The second kappa shape index (κ2) is 6.69. The van der Waals surface area contributed by atoms with Gasteiger partial charge in [-0.2, -0.15) is 9.64 Å². The molecule has 104 valence electrons. The third kappa shape index (κ3) is 5.09. The zero-order valence-corrected chi connectivity index (χ0v) is 13.1. The molecule has 0 aliphatic heterocycles. The molecule has 0 bridgehead atoms. The fourth-order valence-corrected chi connectivity index (χ4v) is 3.63. The zero-order chi connectivity index (χ0) is 13.7. The Balaban J connectivity index is 1.61. The van der Waals surface area contributed by atoms with Crippen molar-refractivity contribution in [3.05, 3.63) is 5.82 Å². The van der Waals surface area contributed by atoms with Crippen LogP contribution < -0.4 is 5.32 Å². The molecule has 0 amide bonds. The van der Waals surface area contributed by atoms with Crippen LogP contribution in [0, 0.1) is 18.3 Å². The standard InChI is InChI=1S/C13H20N4S2/c1-10-15-12(19-17-10)18-8-4-3-7-13(2,9-14)16-11-5-6-11/h11,16H,3-8H2,1-2H3. The van der Waals surface area contributed by atoms with E-state index in [0.717, 1.165) is 35.2 Å². The van der Waals surface area contributed by atoms with Crippen LogP contribution in [0.4, 0.5) is 0 Å². The molecule has 1 aromatic rings. The highest BCUT2D eigenvalue weighted by Crippen LogP contribution is 2.26. The Kier molecular flexibility index (Phi) is 5.20. The number of hydrogen-bond donors (Lipinski definition) is 1. The van der Waals surface area contributed by atoms with Crippen molar-refractivity contribution in [1.82, 2.24) is 14.7 Å². The Hall–Kier alpha value is -0.640. The minimum absolute atomic E-state index is 0.342. The summed E-state index contributed by atoms with van der Waals surface area (Å²) in [4.78, 5) is 4.33. The summed E-state index contributed by atoms with van der Waals surface area (Å²) in [6, 6.07) is 3.01. The van der Waals surface area contributed by atoms with Gasteiger partial charge in [0.25, 0.3) is 0 Å². The average Bonchev–Trinajstić information content (AvgIpc) is 3.09. The molecule has 6 heteroatoms. The van der Waals surface area contributed by atoms with Gasteiger partial charge in [0.2, 0.25) is 0 Å². The highest BCUT2D eigenvalue weighted by Gasteiger charge is 2.31. The smallest absolute Gasteiger partial charge is 0.170 e. The number of aryl methyl sites for hydroxylation is 1. The van der Waals surface area contributed by atoms with E-state index in [1.165, 1.54) is 24.4 Å². The summed E-state index contributed by atoms with van der Waals surface area (Å²) < 4.78 is 5.22. The Morgan fingerprint density at radius 1 is 1.53 bits per heavy atom. The minimum Gasteiger partial charge on any atom is -0.297 e. The molecule has 1 aromatic heterocycles. The summed E-state index contributed by atoms with van der Waals surface area (Å²) in [5.74, 6) is 1.91. The van der Waals surface area contributed by atoms with E-state index in [2.05, 4.69) is 20.7 Å². The average molecular weight is 296 g/mol. The van der Waals surface area contributed by atoms with E-state index >= 15 is 0 Å². The van der Waals surface area contributed by atoms with Gasteiger partial charge in [0.1, 0.15) is 11.4 Å². The summed E-state index contributed by atoms with van der Waals surface area (Å²) in [5.41, 5.74) is -0.342. The summed E-state index contributed by atoms with van der Waals surface area (Å²) in [6.07, 6.45) is 5.57. The summed E-state index contributed by atoms with van der Waals surface area (Å²) in [5, 5.41) is 12.7. The van der Waals surface area contributed by atoms with E-state index in [4.69, 9.17) is 0 Å². The van der Waals surface area contributed by atoms with Gasteiger partial charge in [0.05, 0.1) is 6.07 Å². The quantitative estimate of drug-likeness (QED) is 0.590. The second-order valence-corrected chi connectivity index (χ2v) is 7.37. The minimum atomic E-state index is -0.342. The van der Waals surface area contributed by atoms with E-state index in [9.17, 15) is 5.26 Å². The first-order valence-corrected chi connectivity index (χ1v) is 8.49. The van der Waals surface area contributed by atoms with Gasteiger partial charge >= 0.3 is 0 Å². The first-order chi connectivity index (χ1) is 9.11. The highest BCUT2D eigenvalue weighted by molar-refractivity contribution is 8.00. The lowest BCUT2D eigenvalue weighted by molar-refractivity contribution is 0.402. The van der Waals surface area contributed by atoms with Crippen molar-refractivity contribution < 1.29 is 0 Å². The Morgan fingerprint density at radius 3 is 2.89 bits per heavy atom. The van der Waals surface area contributed by atoms with Crippen LogP contribution in [0.25, 0.3) is 0 Å². The SMILES string of the molecule is Cc1nsc(SCCCCC(C)(C#N)NC2CC2)n1. The predicted molar refractivity (Wildman–Crippen MR) is 79.4 cm³/mol. The molecule has 0 spiro atoms. The van der Waals surface area contributed by atoms with Crippen LogP contribution in [0.5, 0.6) is 0 Å². The van der Waals surface area contributed by atoms with Crippen LogP contribution in [0.15, 0.2) is 4.34 Å². The number of aromatic nitrogens is 2. The molecule has 1 heterocycles. The summed E-state index contributed by atoms with van der Waals surface area (Å²) in [7, 11) is 0. The molecule has 0 radical (unpaired) electrons. The topological polar surface area (TPSA) is 61.6 Å². The molecule has 1 unspecified atom stereocenters. The molecule has 1 aliphatic carbocycles. The number of unbranched alkanes of at least 4 members (excludes halogenated alkanes) is 1. The molecular weight excluding hydrogens is 276 g/mol. The fourth-order valence-electron chi connectivity index (χ4n) is 1.92. The Bertz CT molecular complexity index is 450. The monoisotopic (exact) mass is 296 g/mol. The molecule has 4 nitrogen and oxygen atoms in total. The van der Waals surface area contributed by atoms with Crippen LogP contribution in [0.1, 0.15) is 44.9 Å². The van der Waals surface area contributed by atoms with Crippen molar-refractivity contribution >= 4 is 23.3 Å².